The predicted molar refractivity (Wildman–Crippen MR) is 74.2 cm³/mol. The zero-order valence-electron chi connectivity index (χ0n) is 10.8. The molecule has 0 aliphatic rings. The summed E-state index contributed by atoms with van der Waals surface area (Å²) in [6.07, 6.45) is 1.17. The molecule has 0 spiro atoms. The molecule has 0 aromatic heterocycles. The number of esters is 1. The van der Waals surface area contributed by atoms with Crippen molar-refractivity contribution in [3.8, 4) is 0 Å². The highest BCUT2D eigenvalue weighted by Crippen LogP contribution is 2.31. The van der Waals surface area contributed by atoms with E-state index in [0.717, 1.165) is 10.0 Å². The number of aliphatic hydroxyl groups is 1. The summed E-state index contributed by atoms with van der Waals surface area (Å²) in [5, 5.41) is 10.6. The van der Waals surface area contributed by atoms with Gasteiger partial charge < -0.3 is 9.84 Å². The van der Waals surface area contributed by atoms with E-state index in [1.807, 2.05) is 31.2 Å². The molecule has 0 amide bonds. The lowest BCUT2D eigenvalue weighted by molar-refractivity contribution is -0.144. The number of hydrogen-bond donors (Lipinski definition) is 1. The van der Waals surface area contributed by atoms with Crippen LogP contribution in [0, 0.1) is 0 Å². The number of hydrogen-bond acceptors (Lipinski definition) is 3. The van der Waals surface area contributed by atoms with Gasteiger partial charge in [-0.2, -0.15) is 0 Å². The van der Waals surface area contributed by atoms with E-state index >= 15 is 0 Å². The van der Waals surface area contributed by atoms with Gasteiger partial charge in [0.2, 0.25) is 0 Å². The third-order valence-corrected chi connectivity index (χ3v) is 3.54. The van der Waals surface area contributed by atoms with Crippen molar-refractivity contribution in [2.45, 2.75) is 38.7 Å². The molecule has 18 heavy (non-hydrogen) atoms. The van der Waals surface area contributed by atoms with Crippen LogP contribution < -0.4 is 0 Å². The van der Waals surface area contributed by atoms with Crippen molar-refractivity contribution in [3.05, 3.63) is 34.3 Å². The van der Waals surface area contributed by atoms with Gasteiger partial charge in [0, 0.05) is 10.9 Å². The molecule has 4 heteroatoms. The highest BCUT2D eigenvalue weighted by Gasteiger charge is 2.27. The third kappa shape index (κ3) is 4.10. The maximum Gasteiger partial charge on any atom is 0.305 e. The normalized spacial score (nSPS) is 14.0. The lowest BCUT2D eigenvalue weighted by Crippen LogP contribution is -2.26. The standard InChI is InChI=1S/C14H19BrO3/c1-3-14(17,10-9-13(16)18-4-2)11-5-7-12(15)8-6-11/h5-8,17H,3-4,9-10H2,1-2H3. The molecule has 1 N–H and O–H groups in total. The van der Waals surface area contributed by atoms with Crippen LogP contribution in [-0.4, -0.2) is 17.7 Å². The fourth-order valence-corrected chi connectivity index (χ4v) is 2.09. The first-order chi connectivity index (χ1) is 8.51. The summed E-state index contributed by atoms with van der Waals surface area (Å²) in [6.45, 7) is 4.06. The van der Waals surface area contributed by atoms with Crippen molar-refractivity contribution >= 4 is 21.9 Å². The molecule has 0 saturated carbocycles. The zero-order chi connectivity index (χ0) is 13.6. The summed E-state index contributed by atoms with van der Waals surface area (Å²) in [7, 11) is 0. The lowest BCUT2D eigenvalue weighted by Gasteiger charge is -2.27. The van der Waals surface area contributed by atoms with E-state index < -0.39 is 5.60 Å². The van der Waals surface area contributed by atoms with E-state index in [4.69, 9.17) is 4.74 Å². The molecule has 3 nitrogen and oxygen atoms in total. The molecule has 0 radical (unpaired) electrons. The molecule has 100 valence electrons. The average Bonchev–Trinajstić information content (AvgIpc) is 2.37. The van der Waals surface area contributed by atoms with Gasteiger partial charge in [-0.3, -0.25) is 4.79 Å². The zero-order valence-corrected chi connectivity index (χ0v) is 12.4. The van der Waals surface area contributed by atoms with Gasteiger partial charge >= 0.3 is 5.97 Å². The van der Waals surface area contributed by atoms with Gasteiger partial charge in [-0.15, -0.1) is 0 Å². The summed E-state index contributed by atoms with van der Waals surface area (Å²) < 4.78 is 5.85. The van der Waals surface area contributed by atoms with Gasteiger partial charge in [0.1, 0.15) is 0 Å². The van der Waals surface area contributed by atoms with Crippen LogP contribution in [-0.2, 0) is 15.1 Å². The monoisotopic (exact) mass is 314 g/mol. The Bertz CT molecular complexity index is 389. The van der Waals surface area contributed by atoms with Gasteiger partial charge in [-0.25, -0.2) is 0 Å². The topological polar surface area (TPSA) is 46.5 Å². The quantitative estimate of drug-likeness (QED) is 0.819. The number of benzene rings is 1. The fourth-order valence-electron chi connectivity index (χ4n) is 1.83. The van der Waals surface area contributed by atoms with E-state index in [1.165, 1.54) is 0 Å². The van der Waals surface area contributed by atoms with Crippen molar-refractivity contribution < 1.29 is 14.6 Å². The van der Waals surface area contributed by atoms with E-state index in [2.05, 4.69) is 15.9 Å². The third-order valence-electron chi connectivity index (χ3n) is 3.01. The smallest absolute Gasteiger partial charge is 0.305 e. The Hall–Kier alpha value is -0.870. The Morgan fingerprint density at radius 3 is 2.44 bits per heavy atom. The molecule has 0 bridgehead atoms. The minimum absolute atomic E-state index is 0.230. The average molecular weight is 315 g/mol. The van der Waals surface area contributed by atoms with Crippen molar-refractivity contribution in [1.29, 1.82) is 0 Å². The first-order valence-corrected chi connectivity index (χ1v) is 6.95. The molecule has 1 atom stereocenters. The van der Waals surface area contributed by atoms with Crippen LogP contribution >= 0.6 is 15.9 Å². The van der Waals surface area contributed by atoms with Crippen molar-refractivity contribution in [2.24, 2.45) is 0 Å². The number of rotatable bonds is 6. The first kappa shape index (κ1) is 15.2. The van der Waals surface area contributed by atoms with Crippen molar-refractivity contribution in [1.82, 2.24) is 0 Å². The summed E-state index contributed by atoms with van der Waals surface area (Å²) in [5.41, 5.74) is -0.134. The molecular weight excluding hydrogens is 296 g/mol. The highest BCUT2D eigenvalue weighted by molar-refractivity contribution is 9.10. The largest absolute Gasteiger partial charge is 0.466 e. The van der Waals surface area contributed by atoms with E-state index in [-0.39, 0.29) is 12.4 Å². The molecule has 0 aliphatic heterocycles. The van der Waals surface area contributed by atoms with Crippen LogP contribution in [0.3, 0.4) is 0 Å². The van der Waals surface area contributed by atoms with Gasteiger partial charge in [0.05, 0.1) is 12.2 Å². The van der Waals surface area contributed by atoms with E-state index in [1.54, 1.807) is 6.92 Å². The molecular formula is C14H19BrO3. The Balaban J connectivity index is 2.73. The van der Waals surface area contributed by atoms with Crippen LogP contribution in [0.15, 0.2) is 28.7 Å². The van der Waals surface area contributed by atoms with Crippen molar-refractivity contribution in [3.63, 3.8) is 0 Å². The van der Waals surface area contributed by atoms with Gasteiger partial charge in [0.25, 0.3) is 0 Å². The molecule has 0 heterocycles. The second kappa shape index (κ2) is 6.90. The number of ether oxygens (including phenoxy) is 1. The lowest BCUT2D eigenvalue weighted by atomic mass is 9.87. The maximum absolute atomic E-state index is 11.4. The van der Waals surface area contributed by atoms with Gasteiger partial charge in [-0.05, 0) is 37.5 Å². The molecule has 1 aromatic rings. The fraction of sp³-hybridized carbons (Fsp3) is 0.500. The van der Waals surface area contributed by atoms with Crippen LogP contribution in [0.5, 0.6) is 0 Å². The SMILES string of the molecule is CCOC(=O)CCC(O)(CC)c1ccc(Br)cc1. The van der Waals surface area contributed by atoms with Gasteiger partial charge in [0.15, 0.2) is 0 Å². The second-order valence-electron chi connectivity index (χ2n) is 4.20. The minimum Gasteiger partial charge on any atom is -0.466 e. The Morgan fingerprint density at radius 2 is 1.94 bits per heavy atom. The second-order valence-corrected chi connectivity index (χ2v) is 5.11. The summed E-state index contributed by atoms with van der Waals surface area (Å²) >= 11 is 3.36. The van der Waals surface area contributed by atoms with Gasteiger partial charge in [-0.1, -0.05) is 35.0 Å². The Morgan fingerprint density at radius 1 is 1.33 bits per heavy atom. The van der Waals surface area contributed by atoms with Crippen LogP contribution in [0.25, 0.3) is 0 Å². The number of carbonyl (C=O) groups is 1. The minimum atomic E-state index is -0.965. The summed E-state index contributed by atoms with van der Waals surface area (Å²) in [6, 6.07) is 7.53. The maximum atomic E-state index is 11.4. The molecule has 0 fully saturated rings. The molecule has 1 aromatic carbocycles. The van der Waals surface area contributed by atoms with E-state index in [9.17, 15) is 9.90 Å². The van der Waals surface area contributed by atoms with Crippen LogP contribution in [0.1, 0.15) is 38.7 Å². The van der Waals surface area contributed by atoms with Crippen LogP contribution in [0.4, 0.5) is 0 Å². The molecule has 1 unspecified atom stereocenters. The summed E-state index contributed by atoms with van der Waals surface area (Å²) in [5.74, 6) is -0.263. The first-order valence-electron chi connectivity index (χ1n) is 6.16. The molecule has 0 saturated heterocycles. The molecule has 0 aliphatic carbocycles. The summed E-state index contributed by atoms with van der Waals surface area (Å²) in [4.78, 5) is 11.4. The highest BCUT2D eigenvalue weighted by atomic mass is 79.9. The predicted octanol–water partition coefficient (Wildman–Crippen LogP) is 3.39. The van der Waals surface area contributed by atoms with Crippen molar-refractivity contribution in [2.75, 3.05) is 6.61 Å². The van der Waals surface area contributed by atoms with Crippen LogP contribution in [0.2, 0.25) is 0 Å². The molecule has 1 rings (SSSR count). The Kier molecular flexibility index (Phi) is 5.82. The number of halogens is 1. The number of carbonyl (C=O) groups excluding carboxylic acids is 1. The Labute approximate surface area is 116 Å². The van der Waals surface area contributed by atoms with E-state index in [0.29, 0.717) is 19.4 Å².